The zero-order chi connectivity index (χ0) is 11.4. The molecule has 4 nitrogen and oxygen atoms in total. The Morgan fingerprint density at radius 1 is 1.31 bits per heavy atom. The predicted octanol–water partition coefficient (Wildman–Crippen LogP) is 2.95. The van der Waals surface area contributed by atoms with E-state index in [2.05, 4.69) is 10.1 Å². The van der Waals surface area contributed by atoms with Crippen LogP contribution in [0.3, 0.4) is 0 Å². The summed E-state index contributed by atoms with van der Waals surface area (Å²) in [5.41, 5.74) is 0. The molecule has 1 unspecified atom stereocenters. The maximum atomic E-state index is 9.61. The first-order valence-electron chi connectivity index (χ1n) is 6.32. The average molecular weight is 224 g/mol. The molecule has 1 atom stereocenters. The third-order valence-corrected chi connectivity index (χ3v) is 3.35. The Kier molecular flexibility index (Phi) is 3.93. The van der Waals surface area contributed by atoms with Gasteiger partial charge in [0.15, 0.2) is 5.82 Å². The van der Waals surface area contributed by atoms with Gasteiger partial charge in [-0.15, -0.1) is 0 Å². The van der Waals surface area contributed by atoms with E-state index in [4.69, 9.17) is 4.52 Å². The van der Waals surface area contributed by atoms with Crippen LogP contribution < -0.4 is 0 Å². The van der Waals surface area contributed by atoms with Crippen molar-refractivity contribution in [2.45, 2.75) is 63.9 Å². The van der Waals surface area contributed by atoms with Crippen molar-refractivity contribution in [1.29, 1.82) is 0 Å². The quantitative estimate of drug-likeness (QED) is 0.802. The lowest BCUT2D eigenvalue weighted by molar-refractivity contribution is 0.159. The molecule has 1 aliphatic rings. The molecule has 0 bridgehead atoms. The highest BCUT2D eigenvalue weighted by atomic mass is 16.5. The minimum absolute atomic E-state index is 0.410. The van der Waals surface area contributed by atoms with Crippen LogP contribution in [0.1, 0.15) is 75.6 Å². The number of aliphatic hydroxyl groups excluding tert-OH is 1. The molecule has 1 N–H and O–H groups in total. The average Bonchev–Trinajstić information content (AvgIpc) is 2.64. The molecule has 0 aliphatic heterocycles. The minimum Gasteiger partial charge on any atom is -0.385 e. The fourth-order valence-corrected chi connectivity index (χ4v) is 2.26. The Bertz CT molecular complexity index is 317. The highest BCUT2D eigenvalue weighted by molar-refractivity contribution is 4.96. The molecule has 16 heavy (non-hydrogen) atoms. The SMILES string of the molecule is CCC(O)c1noc(C2CCCCCC2)n1. The summed E-state index contributed by atoms with van der Waals surface area (Å²) in [4.78, 5) is 4.32. The van der Waals surface area contributed by atoms with Crippen molar-refractivity contribution in [2.75, 3.05) is 0 Å². The van der Waals surface area contributed by atoms with E-state index >= 15 is 0 Å². The molecule has 0 spiro atoms. The first kappa shape index (κ1) is 11.6. The van der Waals surface area contributed by atoms with E-state index in [9.17, 15) is 5.11 Å². The lowest BCUT2D eigenvalue weighted by Crippen LogP contribution is -2.00. The van der Waals surface area contributed by atoms with E-state index in [0.717, 1.165) is 18.7 Å². The normalized spacial score (nSPS) is 20.6. The van der Waals surface area contributed by atoms with E-state index in [1.807, 2.05) is 6.92 Å². The lowest BCUT2D eigenvalue weighted by Gasteiger charge is -2.07. The standard InChI is InChI=1S/C12H20N2O2/c1-2-10(15)11-13-12(16-14-11)9-7-5-3-4-6-8-9/h9-10,15H,2-8H2,1H3. The van der Waals surface area contributed by atoms with Crippen LogP contribution in [0.5, 0.6) is 0 Å². The van der Waals surface area contributed by atoms with Crippen LogP contribution in [0, 0.1) is 0 Å². The molecule has 0 radical (unpaired) electrons. The molecule has 1 heterocycles. The highest BCUT2D eigenvalue weighted by Crippen LogP contribution is 2.31. The van der Waals surface area contributed by atoms with Gasteiger partial charge in [0.1, 0.15) is 6.10 Å². The van der Waals surface area contributed by atoms with Gasteiger partial charge >= 0.3 is 0 Å². The Hall–Kier alpha value is -0.900. The monoisotopic (exact) mass is 224 g/mol. The summed E-state index contributed by atoms with van der Waals surface area (Å²) < 4.78 is 5.26. The molecule has 0 amide bonds. The molecule has 1 aromatic rings. The first-order valence-corrected chi connectivity index (χ1v) is 6.32. The van der Waals surface area contributed by atoms with Gasteiger partial charge in [-0.1, -0.05) is 37.8 Å². The van der Waals surface area contributed by atoms with Gasteiger partial charge < -0.3 is 9.63 Å². The molecule has 1 fully saturated rings. The number of aliphatic hydroxyl groups is 1. The minimum atomic E-state index is -0.580. The number of hydrogen-bond donors (Lipinski definition) is 1. The Morgan fingerprint density at radius 3 is 2.62 bits per heavy atom. The summed E-state index contributed by atoms with van der Waals surface area (Å²) in [5, 5.41) is 13.5. The maximum Gasteiger partial charge on any atom is 0.229 e. The van der Waals surface area contributed by atoms with Crippen LogP contribution in [0.2, 0.25) is 0 Å². The van der Waals surface area contributed by atoms with E-state index in [1.54, 1.807) is 0 Å². The van der Waals surface area contributed by atoms with Gasteiger partial charge in [-0.2, -0.15) is 4.98 Å². The van der Waals surface area contributed by atoms with E-state index in [1.165, 1.54) is 25.7 Å². The number of hydrogen-bond acceptors (Lipinski definition) is 4. The smallest absolute Gasteiger partial charge is 0.229 e. The highest BCUT2D eigenvalue weighted by Gasteiger charge is 2.22. The molecule has 0 aromatic carbocycles. The molecule has 90 valence electrons. The van der Waals surface area contributed by atoms with Gasteiger partial charge in [0.2, 0.25) is 5.89 Å². The van der Waals surface area contributed by atoms with Crippen molar-refractivity contribution in [3.8, 4) is 0 Å². The Labute approximate surface area is 96.1 Å². The predicted molar refractivity (Wildman–Crippen MR) is 60.0 cm³/mol. The van der Waals surface area contributed by atoms with E-state index < -0.39 is 6.10 Å². The van der Waals surface area contributed by atoms with Crippen LogP contribution >= 0.6 is 0 Å². The third kappa shape index (κ3) is 2.61. The molecule has 1 aliphatic carbocycles. The molecule has 4 heteroatoms. The molecule has 1 saturated carbocycles. The fourth-order valence-electron chi connectivity index (χ4n) is 2.26. The van der Waals surface area contributed by atoms with Crippen molar-refractivity contribution < 1.29 is 9.63 Å². The van der Waals surface area contributed by atoms with Crippen molar-refractivity contribution in [3.05, 3.63) is 11.7 Å². The maximum absolute atomic E-state index is 9.61. The van der Waals surface area contributed by atoms with Gasteiger partial charge in [0.25, 0.3) is 0 Å². The molecular weight excluding hydrogens is 204 g/mol. The topological polar surface area (TPSA) is 59.2 Å². The lowest BCUT2D eigenvalue weighted by atomic mass is 10.0. The molecule has 2 rings (SSSR count). The summed E-state index contributed by atoms with van der Waals surface area (Å²) in [6.07, 6.45) is 7.46. The second kappa shape index (κ2) is 5.43. The number of rotatable bonds is 3. The van der Waals surface area contributed by atoms with Crippen molar-refractivity contribution in [2.24, 2.45) is 0 Å². The van der Waals surface area contributed by atoms with Gasteiger partial charge in [0, 0.05) is 5.92 Å². The zero-order valence-corrected chi connectivity index (χ0v) is 9.85. The summed E-state index contributed by atoms with van der Waals surface area (Å²) in [5.74, 6) is 1.58. The zero-order valence-electron chi connectivity index (χ0n) is 9.85. The molecular formula is C12H20N2O2. The van der Waals surface area contributed by atoms with Crippen molar-refractivity contribution >= 4 is 0 Å². The second-order valence-corrected chi connectivity index (χ2v) is 4.60. The Morgan fingerprint density at radius 2 is 2.00 bits per heavy atom. The van der Waals surface area contributed by atoms with Crippen LogP contribution in [0.15, 0.2) is 4.52 Å². The van der Waals surface area contributed by atoms with Gasteiger partial charge in [0.05, 0.1) is 0 Å². The summed E-state index contributed by atoms with van der Waals surface area (Å²) >= 11 is 0. The number of nitrogens with zero attached hydrogens (tertiary/aromatic N) is 2. The van der Waals surface area contributed by atoms with Crippen molar-refractivity contribution in [3.63, 3.8) is 0 Å². The molecule has 0 saturated heterocycles. The summed E-state index contributed by atoms with van der Waals surface area (Å²) in [6.45, 7) is 1.91. The van der Waals surface area contributed by atoms with Gasteiger partial charge in [-0.3, -0.25) is 0 Å². The van der Waals surface area contributed by atoms with Gasteiger partial charge in [-0.05, 0) is 19.3 Å². The number of aromatic nitrogens is 2. The summed E-state index contributed by atoms with van der Waals surface area (Å²) in [7, 11) is 0. The van der Waals surface area contributed by atoms with Crippen LogP contribution in [-0.2, 0) is 0 Å². The second-order valence-electron chi connectivity index (χ2n) is 4.60. The largest absolute Gasteiger partial charge is 0.385 e. The van der Waals surface area contributed by atoms with Crippen LogP contribution in [0.25, 0.3) is 0 Å². The van der Waals surface area contributed by atoms with E-state index in [-0.39, 0.29) is 0 Å². The molecule has 1 aromatic heterocycles. The first-order chi connectivity index (χ1) is 7.81. The fraction of sp³-hybridized carbons (Fsp3) is 0.833. The third-order valence-electron chi connectivity index (χ3n) is 3.35. The Balaban J connectivity index is 2.05. The van der Waals surface area contributed by atoms with Crippen LogP contribution in [0.4, 0.5) is 0 Å². The van der Waals surface area contributed by atoms with Gasteiger partial charge in [-0.25, -0.2) is 0 Å². The van der Waals surface area contributed by atoms with E-state index in [0.29, 0.717) is 18.2 Å². The van der Waals surface area contributed by atoms with Crippen LogP contribution in [-0.4, -0.2) is 15.2 Å². The van der Waals surface area contributed by atoms with Crippen molar-refractivity contribution in [1.82, 2.24) is 10.1 Å². The summed E-state index contributed by atoms with van der Waals surface area (Å²) in [6, 6.07) is 0.